The number of hydrogen-bond donors (Lipinski definition) is 2. The highest BCUT2D eigenvalue weighted by atomic mass is 16.5. The van der Waals surface area contributed by atoms with E-state index in [2.05, 4.69) is 29.3 Å². The normalized spacial score (nSPS) is 20.1. The van der Waals surface area contributed by atoms with Gasteiger partial charge in [-0.25, -0.2) is 9.78 Å². The second kappa shape index (κ2) is 10.1. The van der Waals surface area contributed by atoms with Crippen molar-refractivity contribution >= 4 is 23.3 Å². The van der Waals surface area contributed by atoms with Crippen LogP contribution in [0.2, 0.25) is 0 Å². The van der Waals surface area contributed by atoms with Crippen LogP contribution in [0.3, 0.4) is 0 Å². The van der Waals surface area contributed by atoms with Crippen LogP contribution in [0.1, 0.15) is 77.2 Å². The van der Waals surface area contributed by atoms with Gasteiger partial charge >= 0.3 is 5.97 Å². The smallest absolute Gasteiger partial charge is 0.337 e. The maximum absolute atomic E-state index is 12.5. The van der Waals surface area contributed by atoms with Crippen LogP contribution in [0.15, 0.2) is 18.2 Å². The van der Waals surface area contributed by atoms with Crippen LogP contribution in [-0.4, -0.2) is 63.1 Å². The highest BCUT2D eigenvalue weighted by molar-refractivity contribution is 5.78. The molecule has 4 bridgehead atoms. The molecule has 0 saturated carbocycles. The lowest BCUT2D eigenvalue weighted by atomic mass is 9.92. The predicted octanol–water partition coefficient (Wildman–Crippen LogP) is 4.51. The third-order valence-electron chi connectivity index (χ3n) is 6.68. The fourth-order valence-electron chi connectivity index (χ4n) is 4.77. The summed E-state index contributed by atoms with van der Waals surface area (Å²) in [6, 6.07) is 1.93. The van der Waals surface area contributed by atoms with Gasteiger partial charge in [-0.1, -0.05) is 12.2 Å². The zero-order chi connectivity index (χ0) is 25.2. The van der Waals surface area contributed by atoms with E-state index in [4.69, 9.17) is 19.6 Å². The van der Waals surface area contributed by atoms with Gasteiger partial charge in [-0.2, -0.15) is 4.52 Å². The molecule has 9 heteroatoms. The number of allylic oxidation sites excluding steroid dienone is 1. The Hall–Kier alpha value is -2.65. The molecular weight excluding hydrogens is 446 g/mol. The van der Waals surface area contributed by atoms with E-state index in [1.165, 1.54) is 0 Å². The largest absolute Gasteiger partial charge is 0.479 e. The number of aromatic nitrogens is 3. The van der Waals surface area contributed by atoms with E-state index < -0.39 is 17.7 Å². The number of hydrogen-bond acceptors (Lipinski definition) is 7. The van der Waals surface area contributed by atoms with Gasteiger partial charge in [-0.3, -0.25) is 0 Å². The number of fused-ring (bicyclic) bond motifs is 9. The molecule has 2 aromatic rings. The molecule has 0 radical (unpaired) electrons. The van der Waals surface area contributed by atoms with E-state index in [1.54, 1.807) is 4.52 Å². The van der Waals surface area contributed by atoms with Crippen molar-refractivity contribution in [3.8, 4) is 0 Å². The third kappa shape index (κ3) is 5.95. The highest BCUT2D eigenvalue weighted by Crippen LogP contribution is 2.38. The average Bonchev–Trinajstić information content (AvgIpc) is 3.17. The first-order valence-electron chi connectivity index (χ1n) is 12.6. The SMILES string of the molecule is Cc1nc2cc3nn2c(c1C(OC(C)(C)C)C(=O)O)N1CCC(C)(CC1)OCC=CCCCCN3. The van der Waals surface area contributed by atoms with Gasteiger partial charge in [0.1, 0.15) is 5.82 Å². The number of carboxylic acid groups (broad SMARTS) is 1. The molecule has 9 nitrogen and oxygen atoms in total. The van der Waals surface area contributed by atoms with Crippen LogP contribution in [0, 0.1) is 6.92 Å². The molecule has 1 atom stereocenters. The van der Waals surface area contributed by atoms with Crippen molar-refractivity contribution in [2.45, 2.75) is 84.0 Å². The van der Waals surface area contributed by atoms with Crippen LogP contribution in [0.25, 0.3) is 5.65 Å². The Kier molecular flexibility index (Phi) is 7.38. The molecule has 2 N–H and O–H groups in total. The number of ether oxygens (including phenoxy) is 2. The molecule has 35 heavy (non-hydrogen) atoms. The van der Waals surface area contributed by atoms with E-state index >= 15 is 0 Å². The van der Waals surface area contributed by atoms with Crippen molar-refractivity contribution in [1.29, 1.82) is 0 Å². The lowest BCUT2D eigenvalue weighted by Gasteiger charge is -2.41. The van der Waals surface area contributed by atoms with Gasteiger partial charge in [0.05, 0.1) is 23.4 Å². The Bertz CT molecular complexity index is 1080. The van der Waals surface area contributed by atoms with Crippen molar-refractivity contribution in [3.63, 3.8) is 0 Å². The van der Waals surface area contributed by atoms with Gasteiger partial charge < -0.3 is 24.8 Å². The molecular formula is C26H39N5O4. The Morgan fingerprint density at radius 2 is 2.00 bits per heavy atom. The van der Waals surface area contributed by atoms with E-state index in [1.807, 2.05) is 33.8 Å². The van der Waals surface area contributed by atoms with E-state index in [0.717, 1.165) is 63.4 Å². The van der Waals surface area contributed by atoms with Crippen LogP contribution >= 0.6 is 0 Å². The second-order valence-corrected chi connectivity index (χ2v) is 10.8. The topological polar surface area (TPSA) is 101 Å². The highest BCUT2D eigenvalue weighted by Gasteiger charge is 2.37. The number of carboxylic acids is 1. The quantitative estimate of drug-likeness (QED) is 0.613. The van der Waals surface area contributed by atoms with Gasteiger partial charge in [0.15, 0.2) is 17.6 Å². The fraction of sp³-hybridized carbons (Fsp3) is 0.654. The Labute approximate surface area is 207 Å². The maximum Gasteiger partial charge on any atom is 0.337 e. The van der Waals surface area contributed by atoms with E-state index in [0.29, 0.717) is 23.5 Å². The third-order valence-corrected chi connectivity index (χ3v) is 6.68. The van der Waals surface area contributed by atoms with Gasteiger partial charge in [0, 0.05) is 31.4 Å². The molecule has 192 valence electrons. The molecule has 5 rings (SSSR count). The molecule has 0 aromatic carbocycles. The zero-order valence-electron chi connectivity index (χ0n) is 21.6. The Morgan fingerprint density at radius 1 is 1.26 bits per heavy atom. The van der Waals surface area contributed by atoms with Gasteiger partial charge in [0.2, 0.25) is 0 Å². The number of aryl methyl sites for hydroxylation is 1. The van der Waals surface area contributed by atoms with Crippen LogP contribution < -0.4 is 10.2 Å². The minimum Gasteiger partial charge on any atom is -0.479 e. The summed E-state index contributed by atoms with van der Waals surface area (Å²) in [6.45, 7) is 12.5. The van der Waals surface area contributed by atoms with E-state index in [9.17, 15) is 9.90 Å². The number of nitrogens with one attached hydrogen (secondary N) is 1. The molecule has 5 heterocycles. The molecule has 1 unspecified atom stereocenters. The number of carbonyl (C=O) groups is 1. The minimum absolute atomic E-state index is 0.221. The van der Waals surface area contributed by atoms with Crippen molar-refractivity contribution in [2.75, 3.05) is 36.5 Å². The first-order chi connectivity index (χ1) is 16.6. The summed E-state index contributed by atoms with van der Waals surface area (Å²) in [6.07, 6.45) is 7.95. The molecule has 1 saturated heterocycles. The van der Waals surface area contributed by atoms with E-state index in [-0.39, 0.29) is 5.60 Å². The van der Waals surface area contributed by atoms with Gasteiger partial charge in [-0.05, 0) is 66.7 Å². The van der Waals surface area contributed by atoms with Crippen molar-refractivity contribution in [1.82, 2.24) is 14.6 Å². The van der Waals surface area contributed by atoms with Crippen LogP contribution in [0.5, 0.6) is 0 Å². The molecule has 0 amide bonds. The maximum atomic E-state index is 12.5. The summed E-state index contributed by atoms with van der Waals surface area (Å²) in [7, 11) is 0. The number of aliphatic carboxylic acids is 1. The molecule has 1 fully saturated rings. The van der Waals surface area contributed by atoms with Crippen molar-refractivity contribution < 1.29 is 19.4 Å². The summed E-state index contributed by atoms with van der Waals surface area (Å²) in [5.41, 5.74) is 1.02. The summed E-state index contributed by atoms with van der Waals surface area (Å²) in [5.74, 6) is 0.443. The van der Waals surface area contributed by atoms with Crippen LogP contribution in [0.4, 0.5) is 11.6 Å². The number of piperidine rings is 1. The fourth-order valence-corrected chi connectivity index (χ4v) is 4.77. The van der Waals surface area contributed by atoms with Gasteiger partial charge in [-0.15, -0.1) is 5.10 Å². The Balaban J connectivity index is 1.82. The molecule has 0 aliphatic carbocycles. The number of anilines is 2. The standard InChI is InChI=1S/C26H39N5O4/c1-18-21(22(24(32)33)35-25(2,3)4)23-30-14-11-26(5,12-15-30)34-16-10-8-6-7-9-13-27-19-17-20(28-18)31(23)29-19/h8,10,17,22H,6-7,9,11-16H2,1-5H3,(H,27,29)(H,32,33). The minimum atomic E-state index is -1.16. The second-order valence-electron chi connectivity index (χ2n) is 10.8. The lowest BCUT2D eigenvalue weighted by Crippen LogP contribution is -2.45. The molecule has 0 spiro atoms. The first kappa shape index (κ1) is 25.4. The predicted molar refractivity (Wildman–Crippen MR) is 136 cm³/mol. The van der Waals surface area contributed by atoms with Crippen molar-refractivity contribution in [3.05, 3.63) is 29.5 Å². The summed E-state index contributed by atoms with van der Waals surface area (Å²) >= 11 is 0. The number of nitrogens with zero attached hydrogens (tertiary/aromatic N) is 4. The molecule has 3 aliphatic rings. The monoisotopic (exact) mass is 485 g/mol. The summed E-state index contributed by atoms with van der Waals surface area (Å²) < 4.78 is 14.1. The zero-order valence-corrected chi connectivity index (χ0v) is 21.6. The molecule has 2 aromatic heterocycles. The van der Waals surface area contributed by atoms with Crippen molar-refractivity contribution in [2.24, 2.45) is 0 Å². The van der Waals surface area contributed by atoms with Gasteiger partial charge in [0.25, 0.3) is 0 Å². The summed E-state index contributed by atoms with van der Waals surface area (Å²) in [4.78, 5) is 19.4. The average molecular weight is 486 g/mol. The Morgan fingerprint density at radius 3 is 2.69 bits per heavy atom. The van der Waals surface area contributed by atoms with Crippen LogP contribution in [-0.2, 0) is 14.3 Å². The number of rotatable bonds is 3. The lowest BCUT2D eigenvalue weighted by molar-refractivity contribution is -0.160. The summed E-state index contributed by atoms with van der Waals surface area (Å²) in [5, 5.41) is 18.4. The first-order valence-corrected chi connectivity index (χ1v) is 12.6. The molecule has 3 aliphatic heterocycles.